The first-order valence-electron chi connectivity index (χ1n) is 5.90. The molecule has 0 aliphatic carbocycles. The Morgan fingerprint density at radius 3 is 2.75 bits per heavy atom. The quantitative estimate of drug-likeness (QED) is 0.687. The fourth-order valence-corrected chi connectivity index (χ4v) is 2.33. The molecule has 2 amide bonds. The highest BCUT2D eigenvalue weighted by molar-refractivity contribution is 6.33. The molecule has 2 unspecified atom stereocenters. The van der Waals surface area contributed by atoms with Gasteiger partial charge in [0.1, 0.15) is 17.2 Å². The van der Waals surface area contributed by atoms with Gasteiger partial charge in [-0.3, -0.25) is 20.0 Å². The summed E-state index contributed by atoms with van der Waals surface area (Å²) in [6, 6.07) is 6.02. The van der Waals surface area contributed by atoms with E-state index in [1.807, 2.05) is 0 Å². The number of hydrazine groups is 1. The summed E-state index contributed by atoms with van der Waals surface area (Å²) in [4.78, 5) is 27.6. The molecule has 2 aromatic rings. The van der Waals surface area contributed by atoms with Crippen molar-refractivity contribution in [1.29, 1.82) is 0 Å². The van der Waals surface area contributed by atoms with Gasteiger partial charge in [-0.15, -0.1) is 11.6 Å². The van der Waals surface area contributed by atoms with Gasteiger partial charge in [-0.25, -0.2) is 5.01 Å². The number of furan rings is 1. The van der Waals surface area contributed by atoms with Crippen molar-refractivity contribution in [3.05, 3.63) is 54.2 Å². The molecule has 0 aromatic carbocycles. The maximum Gasteiger partial charge on any atom is 0.270 e. The van der Waals surface area contributed by atoms with Gasteiger partial charge >= 0.3 is 0 Å². The Hall–Kier alpha value is -2.34. The molecule has 7 heteroatoms. The topological polar surface area (TPSA) is 75.4 Å². The number of amides is 2. The predicted molar refractivity (Wildman–Crippen MR) is 69.6 cm³/mol. The highest BCUT2D eigenvalue weighted by atomic mass is 35.5. The van der Waals surface area contributed by atoms with E-state index in [9.17, 15) is 9.59 Å². The van der Waals surface area contributed by atoms with Crippen LogP contribution in [-0.2, 0) is 4.79 Å². The second-order valence-corrected chi connectivity index (χ2v) is 4.72. The van der Waals surface area contributed by atoms with Crippen LogP contribution in [0, 0.1) is 0 Å². The molecule has 3 rings (SSSR count). The number of hydrogen-bond acceptors (Lipinski definition) is 4. The lowest BCUT2D eigenvalue weighted by Gasteiger charge is -2.42. The predicted octanol–water partition coefficient (Wildman–Crippen LogP) is 1.51. The molecule has 2 atom stereocenters. The molecule has 0 radical (unpaired) electrons. The van der Waals surface area contributed by atoms with E-state index in [0.29, 0.717) is 11.3 Å². The van der Waals surface area contributed by atoms with Gasteiger partial charge in [0.25, 0.3) is 11.8 Å². The Balaban J connectivity index is 1.76. The van der Waals surface area contributed by atoms with E-state index in [0.717, 1.165) is 0 Å². The lowest BCUT2D eigenvalue weighted by molar-refractivity contribution is -0.150. The standard InChI is InChI=1S/C13H10ClN3O3/c14-10-11(9-2-1-7-20-9)17(13(10)19)16-12(18)8-3-5-15-6-4-8/h1-7,10-11H,(H,16,18). The van der Waals surface area contributed by atoms with Gasteiger partial charge in [-0.1, -0.05) is 0 Å². The van der Waals surface area contributed by atoms with Crippen molar-refractivity contribution in [2.75, 3.05) is 0 Å². The van der Waals surface area contributed by atoms with Gasteiger partial charge in [0, 0.05) is 18.0 Å². The van der Waals surface area contributed by atoms with Crippen molar-refractivity contribution in [2.45, 2.75) is 11.4 Å². The summed E-state index contributed by atoms with van der Waals surface area (Å²) >= 11 is 5.97. The second-order valence-electron chi connectivity index (χ2n) is 4.25. The number of hydrogen-bond donors (Lipinski definition) is 1. The van der Waals surface area contributed by atoms with E-state index in [-0.39, 0.29) is 5.91 Å². The SMILES string of the molecule is O=C(NN1C(=O)C(Cl)C1c1ccco1)c1ccncc1. The number of carbonyl (C=O) groups excluding carboxylic acids is 2. The smallest absolute Gasteiger partial charge is 0.270 e. The van der Waals surface area contributed by atoms with E-state index in [1.54, 1.807) is 24.3 Å². The van der Waals surface area contributed by atoms with Crippen LogP contribution in [0.3, 0.4) is 0 Å². The van der Waals surface area contributed by atoms with E-state index in [4.69, 9.17) is 16.0 Å². The van der Waals surface area contributed by atoms with Crippen LogP contribution in [0.4, 0.5) is 0 Å². The minimum atomic E-state index is -0.737. The van der Waals surface area contributed by atoms with Crippen molar-refractivity contribution >= 4 is 23.4 Å². The zero-order chi connectivity index (χ0) is 14.1. The van der Waals surface area contributed by atoms with E-state index < -0.39 is 17.3 Å². The lowest BCUT2D eigenvalue weighted by Crippen LogP contribution is -2.63. The Kier molecular flexibility index (Phi) is 3.15. The molecule has 6 nitrogen and oxygen atoms in total. The third kappa shape index (κ3) is 2.04. The summed E-state index contributed by atoms with van der Waals surface area (Å²) in [5.41, 5.74) is 2.93. The zero-order valence-corrected chi connectivity index (χ0v) is 10.9. The fraction of sp³-hybridized carbons (Fsp3) is 0.154. The molecule has 102 valence electrons. The summed E-state index contributed by atoms with van der Waals surface area (Å²) in [6.45, 7) is 0. The number of nitrogens with one attached hydrogen (secondary N) is 1. The number of rotatable bonds is 3. The molecule has 0 saturated carbocycles. The molecule has 1 saturated heterocycles. The molecule has 1 N–H and O–H groups in total. The zero-order valence-electron chi connectivity index (χ0n) is 10.2. The van der Waals surface area contributed by atoms with Gasteiger partial charge < -0.3 is 4.42 Å². The number of alkyl halides is 1. The van der Waals surface area contributed by atoms with Crippen LogP contribution in [0.25, 0.3) is 0 Å². The van der Waals surface area contributed by atoms with Crippen molar-refractivity contribution in [3.8, 4) is 0 Å². The molecule has 3 heterocycles. The number of carbonyl (C=O) groups is 2. The Morgan fingerprint density at radius 1 is 1.35 bits per heavy atom. The van der Waals surface area contributed by atoms with E-state index in [2.05, 4.69) is 10.4 Å². The Labute approximate surface area is 119 Å². The maximum atomic E-state index is 12.0. The molecule has 0 bridgehead atoms. The van der Waals surface area contributed by atoms with Crippen LogP contribution in [0.2, 0.25) is 0 Å². The Bertz CT molecular complexity index is 630. The van der Waals surface area contributed by atoms with Gasteiger partial charge in [0.15, 0.2) is 0 Å². The van der Waals surface area contributed by atoms with Crippen molar-refractivity contribution in [1.82, 2.24) is 15.4 Å². The lowest BCUT2D eigenvalue weighted by atomic mass is 10.0. The van der Waals surface area contributed by atoms with Gasteiger partial charge in [-0.2, -0.15) is 0 Å². The van der Waals surface area contributed by atoms with Crippen LogP contribution in [0.5, 0.6) is 0 Å². The number of pyridine rings is 1. The van der Waals surface area contributed by atoms with Crippen molar-refractivity contribution in [2.24, 2.45) is 0 Å². The van der Waals surface area contributed by atoms with Gasteiger partial charge in [0.2, 0.25) is 0 Å². The van der Waals surface area contributed by atoms with Crippen LogP contribution in [0.15, 0.2) is 47.3 Å². The number of nitrogens with zero attached hydrogens (tertiary/aromatic N) is 2. The first-order valence-corrected chi connectivity index (χ1v) is 6.33. The van der Waals surface area contributed by atoms with Gasteiger partial charge in [-0.05, 0) is 24.3 Å². The van der Waals surface area contributed by atoms with Crippen molar-refractivity contribution < 1.29 is 14.0 Å². The van der Waals surface area contributed by atoms with E-state index >= 15 is 0 Å². The van der Waals surface area contributed by atoms with Crippen LogP contribution >= 0.6 is 11.6 Å². The second kappa shape index (κ2) is 4.97. The normalized spacial score (nSPS) is 21.4. The summed E-state index contributed by atoms with van der Waals surface area (Å²) < 4.78 is 5.23. The maximum absolute atomic E-state index is 12.0. The van der Waals surface area contributed by atoms with Crippen LogP contribution in [-0.4, -0.2) is 27.2 Å². The minimum Gasteiger partial charge on any atom is -0.467 e. The summed E-state index contributed by atoms with van der Waals surface area (Å²) in [5, 5.41) is 0.443. The number of halogens is 1. The molecule has 1 fully saturated rings. The molecular weight excluding hydrogens is 282 g/mol. The molecular formula is C13H10ClN3O3. The van der Waals surface area contributed by atoms with Gasteiger partial charge in [0.05, 0.1) is 6.26 Å². The summed E-state index contributed by atoms with van der Waals surface area (Å²) in [6.07, 6.45) is 4.49. The van der Waals surface area contributed by atoms with Crippen LogP contribution in [0.1, 0.15) is 22.2 Å². The Morgan fingerprint density at radius 2 is 2.10 bits per heavy atom. The third-order valence-electron chi connectivity index (χ3n) is 3.03. The number of β-lactam (4-membered cyclic amide) rings is 1. The largest absolute Gasteiger partial charge is 0.467 e. The van der Waals surface area contributed by atoms with Crippen molar-refractivity contribution in [3.63, 3.8) is 0 Å². The summed E-state index contributed by atoms with van der Waals surface area (Å²) in [5.74, 6) is -0.240. The first-order chi connectivity index (χ1) is 9.68. The van der Waals surface area contributed by atoms with Crippen LogP contribution < -0.4 is 5.43 Å². The first kappa shape index (κ1) is 12.7. The molecule has 1 aliphatic heterocycles. The molecule has 1 aliphatic rings. The average Bonchev–Trinajstić information content (AvgIpc) is 3.00. The molecule has 20 heavy (non-hydrogen) atoms. The highest BCUT2D eigenvalue weighted by Gasteiger charge is 2.50. The third-order valence-corrected chi connectivity index (χ3v) is 3.45. The highest BCUT2D eigenvalue weighted by Crippen LogP contribution is 2.37. The monoisotopic (exact) mass is 291 g/mol. The summed E-state index contributed by atoms with van der Waals surface area (Å²) in [7, 11) is 0. The molecule has 2 aromatic heterocycles. The fourth-order valence-electron chi connectivity index (χ4n) is 1.99. The minimum absolute atomic E-state index is 0.365. The van der Waals surface area contributed by atoms with E-state index in [1.165, 1.54) is 23.7 Å². The average molecular weight is 292 g/mol. The molecule has 0 spiro atoms. The number of aromatic nitrogens is 1.